The summed E-state index contributed by atoms with van der Waals surface area (Å²) < 4.78 is 5.59. The Hall–Kier alpha value is -2.04. The first-order chi connectivity index (χ1) is 9.31. The molecule has 1 aromatic rings. The van der Waals surface area contributed by atoms with Crippen LogP contribution in [0.2, 0.25) is 0 Å². The van der Waals surface area contributed by atoms with Gasteiger partial charge >= 0.3 is 5.97 Å². The second-order valence-electron chi connectivity index (χ2n) is 4.99. The zero-order valence-electron chi connectivity index (χ0n) is 12.3. The Morgan fingerprint density at radius 1 is 1.25 bits per heavy atom. The minimum Gasteiger partial charge on any atom is -0.492 e. The molecule has 0 saturated carbocycles. The van der Waals surface area contributed by atoms with Crippen LogP contribution in [0.3, 0.4) is 0 Å². The Bertz CT molecular complexity index is 478. The molecule has 1 amide bonds. The predicted octanol–water partition coefficient (Wildman–Crippen LogP) is 1.86. The molecular formula is C15H21NO4. The third-order valence-corrected chi connectivity index (χ3v) is 3.01. The van der Waals surface area contributed by atoms with Crippen LogP contribution in [0.1, 0.15) is 18.1 Å². The largest absolute Gasteiger partial charge is 0.492 e. The van der Waals surface area contributed by atoms with Crippen molar-refractivity contribution in [3.63, 3.8) is 0 Å². The fraction of sp³-hybridized carbons (Fsp3) is 0.467. The lowest BCUT2D eigenvalue weighted by atomic mass is 10.1. The zero-order valence-corrected chi connectivity index (χ0v) is 12.3. The van der Waals surface area contributed by atoms with Crippen molar-refractivity contribution in [1.82, 2.24) is 4.90 Å². The van der Waals surface area contributed by atoms with Gasteiger partial charge in [0.25, 0.3) is 0 Å². The summed E-state index contributed by atoms with van der Waals surface area (Å²) in [6, 6.07) is 5.90. The topological polar surface area (TPSA) is 66.8 Å². The third kappa shape index (κ3) is 4.57. The molecule has 0 bridgehead atoms. The highest BCUT2D eigenvalue weighted by atomic mass is 16.5. The van der Waals surface area contributed by atoms with E-state index in [1.165, 1.54) is 11.8 Å². The summed E-state index contributed by atoms with van der Waals surface area (Å²) in [4.78, 5) is 23.8. The second-order valence-corrected chi connectivity index (χ2v) is 4.99. The van der Waals surface area contributed by atoms with Crippen LogP contribution >= 0.6 is 0 Å². The van der Waals surface area contributed by atoms with Crippen LogP contribution in [0.15, 0.2) is 18.2 Å². The molecule has 1 N–H and O–H groups in total. The Morgan fingerprint density at radius 2 is 1.80 bits per heavy atom. The van der Waals surface area contributed by atoms with Crippen LogP contribution in [-0.2, 0) is 9.59 Å². The summed E-state index contributed by atoms with van der Waals surface area (Å²) in [5.74, 6) is -1.80. The van der Waals surface area contributed by atoms with E-state index in [-0.39, 0.29) is 0 Å². The molecule has 0 aliphatic rings. The van der Waals surface area contributed by atoms with E-state index in [0.29, 0.717) is 13.2 Å². The molecule has 0 fully saturated rings. The van der Waals surface area contributed by atoms with Gasteiger partial charge in [0.05, 0.1) is 6.54 Å². The van der Waals surface area contributed by atoms with Gasteiger partial charge in [-0.25, -0.2) is 0 Å². The molecule has 20 heavy (non-hydrogen) atoms. The zero-order chi connectivity index (χ0) is 15.3. The fourth-order valence-corrected chi connectivity index (χ4v) is 1.86. The Balaban J connectivity index is 2.47. The highest BCUT2D eigenvalue weighted by molar-refractivity contribution is 5.96. The van der Waals surface area contributed by atoms with Crippen molar-refractivity contribution in [1.29, 1.82) is 0 Å². The normalized spacial score (nSPS) is 11.8. The first kappa shape index (κ1) is 16.0. The maximum absolute atomic E-state index is 11.7. The monoisotopic (exact) mass is 279 g/mol. The molecule has 1 unspecified atom stereocenters. The van der Waals surface area contributed by atoms with Crippen LogP contribution < -0.4 is 4.74 Å². The molecular weight excluding hydrogens is 258 g/mol. The lowest BCUT2D eigenvalue weighted by molar-refractivity contribution is -0.149. The van der Waals surface area contributed by atoms with Crippen LogP contribution in [0.4, 0.5) is 0 Å². The van der Waals surface area contributed by atoms with Gasteiger partial charge in [-0.05, 0) is 44.0 Å². The van der Waals surface area contributed by atoms with E-state index in [4.69, 9.17) is 9.84 Å². The van der Waals surface area contributed by atoms with Crippen molar-refractivity contribution in [2.24, 2.45) is 5.92 Å². The summed E-state index contributed by atoms with van der Waals surface area (Å²) in [5.41, 5.74) is 2.23. The number of carbonyl (C=O) groups is 2. The van der Waals surface area contributed by atoms with Crippen molar-refractivity contribution in [3.8, 4) is 5.75 Å². The average Bonchev–Trinajstić information content (AvgIpc) is 2.35. The van der Waals surface area contributed by atoms with Crippen molar-refractivity contribution in [3.05, 3.63) is 29.3 Å². The molecule has 0 aromatic heterocycles. The van der Waals surface area contributed by atoms with Crippen molar-refractivity contribution in [2.75, 3.05) is 20.2 Å². The van der Waals surface area contributed by atoms with E-state index in [1.54, 1.807) is 7.05 Å². The van der Waals surface area contributed by atoms with Gasteiger partial charge in [0.2, 0.25) is 5.91 Å². The Labute approximate surface area is 119 Å². The van der Waals surface area contributed by atoms with Gasteiger partial charge in [-0.15, -0.1) is 0 Å². The number of nitrogens with zero attached hydrogens (tertiary/aromatic N) is 1. The number of benzene rings is 1. The van der Waals surface area contributed by atoms with Crippen molar-refractivity contribution < 1.29 is 19.4 Å². The first-order valence-electron chi connectivity index (χ1n) is 6.50. The van der Waals surface area contributed by atoms with Crippen molar-refractivity contribution >= 4 is 11.9 Å². The number of aliphatic carboxylic acids is 1. The number of hydrogen-bond donors (Lipinski definition) is 1. The van der Waals surface area contributed by atoms with Crippen LogP contribution in [-0.4, -0.2) is 42.1 Å². The number of carboxylic acid groups (broad SMARTS) is 1. The number of carbonyl (C=O) groups excluding carboxylic acids is 1. The lowest BCUT2D eigenvalue weighted by Crippen LogP contribution is -2.37. The number of hydrogen-bond acceptors (Lipinski definition) is 3. The van der Waals surface area contributed by atoms with Crippen LogP contribution in [0, 0.1) is 19.8 Å². The maximum Gasteiger partial charge on any atom is 0.315 e. The quantitative estimate of drug-likeness (QED) is 0.807. The molecule has 0 aliphatic heterocycles. The number of rotatable bonds is 6. The predicted molar refractivity (Wildman–Crippen MR) is 75.8 cm³/mol. The molecule has 0 spiro atoms. The molecule has 0 aliphatic carbocycles. The Kier molecular flexibility index (Phi) is 5.55. The van der Waals surface area contributed by atoms with E-state index in [1.807, 2.05) is 26.0 Å². The standard InChI is InChI=1S/C15H21NO4/c1-10-7-11(2)9-13(8-10)20-6-5-16(4)14(17)12(3)15(18)19/h7-9,12H,5-6H2,1-4H3,(H,18,19). The van der Waals surface area contributed by atoms with E-state index in [0.717, 1.165) is 16.9 Å². The van der Waals surface area contributed by atoms with Crippen LogP contribution in [0.25, 0.3) is 0 Å². The third-order valence-electron chi connectivity index (χ3n) is 3.01. The number of aryl methyl sites for hydroxylation is 2. The number of carboxylic acids is 1. The highest BCUT2D eigenvalue weighted by Gasteiger charge is 2.23. The molecule has 1 aromatic carbocycles. The molecule has 0 heterocycles. The van der Waals surface area contributed by atoms with Crippen LogP contribution in [0.5, 0.6) is 5.75 Å². The SMILES string of the molecule is Cc1cc(C)cc(OCCN(C)C(=O)C(C)C(=O)O)c1. The van der Waals surface area contributed by atoms with Gasteiger partial charge in [-0.1, -0.05) is 6.07 Å². The van der Waals surface area contributed by atoms with Gasteiger partial charge in [-0.3, -0.25) is 9.59 Å². The van der Waals surface area contributed by atoms with Crippen molar-refractivity contribution in [2.45, 2.75) is 20.8 Å². The molecule has 5 nitrogen and oxygen atoms in total. The number of amides is 1. The molecule has 5 heteroatoms. The fourth-order valence-electron chi connectivity index (χ4n) is 1.86. The summed E-state index contributed by atoms with van der Waals surface area (Å²) in [6.07, 6.45) is 0. The van der Waals surface area contributed by atoms with E-state index >= 15 is 0 Å². The minimum absolute atomic E-state index is 0.331. The van der Waals surface area contributed by atoms with Gasteiger partial charge in [0, 0.05) is 7.05 Å². The second kappa shape index (κ2) is 6.93. The highest BCUT2D eigenvalue weighted by Crippen LogP contribution is 2.16. The number of ether oxygens (including phenoxy) is 1. The van der Waals surface area contributed by atoms with E-state index in [2.05, 4.69) is 6.07 Å². The maximum atomic E-state index is 11.7. The molecule has 110 valence electrons. The smallest absolute Gasteiger partial charge is 0.315 e. The van der Waals surface area contributed by atoms with E-state index < -0.39 is 17.8 Å². The Morgan fingerprint density at radius 3 is 2.30 bits per heavy atom. The molecule has 1 rings (SSSR count). The summed E-state index contributed by atoms with van der Waals surface area (Å²) in [5, 5.41) is 8.79. The number of likely N-dealkylation sites (N-methyl/N-ethyl adjacent to an activating group) is 1. The van der Waals surface area contributed by atoms with Gasteiger partial charge < -0.3 is 14.7 Å². The first-order valence-corrected chi connectivity index (χ1v) is 6.50. The van der Waals surface area contributed by atoms with Gasteiger partial charge in [0.15, 0.2) is 0 Å². The van der Waals surface area contributed by atoms with Gasteiger partial charge in [-0.2, -0.15) is 0 Å². The summed E-state index contributed by atoms with van der Waals surface area (Å²) >= 11 is 0. The van der Waals surface area contributed by atoms with Gasteiger partial charge in [0.1, 0.15) is 18.3 Å². The summed E-state index contributed by atoms with van der Waals surface area (Å²) in [7, 11) is 1.58. The average molecular weight is 279 g/mol. The lowest BCUT2D eigenvalue weighted by Gasteiger charge is -2.19. The molecule has 0 saturated heterocycles. The van der Waals surface area contributed by atoms with E-state index in [9.17, 15) is 9.59 Å². The summed E-state index contributed by atoms with van der Waals surface area (Å²) in [6.45, 7) is 6.04. The molecule has 1 atom stereocenters. The minimum atomic E-state index is -1.11. The molecule has 0 radical (unpaired) electrons.